The number of aliphatic carboxylic acids is 1. The number of aromatic amines is 1. The molecule has 0 aliphatic carbocycles. The van der Waals surface area contributed by atoms with E-state index in [2.05, 4.69) is 20.6 Å². The van der Waals surface area contributed by atoms with Gasteiger partial charge in [0.25, 0.3) is 5.91 Å². The van der Waals surface area contributed by atoms with Gasteiger partial charge in [0.2, 0.25) is 5.91 Å². The molecule has 0 fully saturated rings. The zero-order chi connectivity index (χ0) is 30.8. The molecule has 0 bridgehead atoms. The van der Waals surface area contributed by atoms with Gasteiger partial charge in [-0.25, -0.2) is 14.6 Å². The molecule has 43 heavy (non-hydrogen) atoms. The summed E-state index contributed by atoms with van der Waals surface area (Å²) in [5.74, 6) is -1.25. The van der Waals surface area contributed by atoms with Gasteiger partial charge in [-0.05, 0) is 49.5 Å². The zero-order valence-corrected chi connectivity index (χ0v) is 23.9. The molecule has 0 saturated heterocycles. The highest BCUT2D eigenvalue weighted by Gasteiger charge is 2.22. The minimum Gasteiger partial charge on any atom is -0.480 e. The van der Waals surface area contributed by atoms with Crippen molar-refractivity contribution < 1.29 is 29.0 Å². The molecule has 4 N–H and O–H groups in total. The van der Waals surface area contributed by atoms with Crippen LogP contribution in [0.25, 0.3) is 11.0 Å². The molecular formula is C31H34N6O6. The maximum absolute atomic E-state index is 13.0. The first-order valence-electron chi connectivity index (χ1n) is 13.6. The van der Waals surface area contributed by atoms with E-state index in [1.807, 2.05) is 44.4 Å². The topological polar surface area (TPSA) is 157 Å². The molecule has 4 rings (SSSR count). The van der Waals surface area contributed by atoms with Gasteiger partial charge in [0.15, 0.2) is 0 Å². The number of likely N-dealkylation sites (N-methyl/N-ethyl adjacent to an activating group) is 1. The number of hydrogen-bond donors (Lipinski definition) is 4. The van der Waals surface area contributed by atoms with Crippen molar-refractivity contribution in [2.75, 3.05) is 27.2 Å². The third-order valence-corrected chi connectivity index (χ3v) is 6.44. The molecule has 0 radical (unpaired) electrons. The lowest BCUT2D eigenvalue weighted by molar-refractivity contribution is -0.139. The highest BCUT2D eigenvalue weighted by atomic mass is 16.5. The molecule has 1 heterocycles. The summed E-state index contributed by atoms with van der Waals surface area (Å²) >= 11 is 0. The van der Waals surface area contributed by atoms with Crippen molar-refractivity contribution in [2.45, 2.75) is 25.7 Å². The average Bonchev–Trinajstić information content (AvgIpc) is 3.40. The predicted molar refractivity (Wildman–Crippen MR) is 159 cm³/mol. The van der Waals surface area contributed by atoms with Crippen molar-refractivity contribution in [1.82, 2.24) is 30.4 Å². The van der Waals surface area contributed by atoms with E-state index in [9.17, 15) is 24.3 Å². The maximum atomic E-state index is 13.0. The SMILES string of the molecule is CN(C)CC(=O)N(Cc1ccc(C(=O)NCC(NC(=O)OCc2ccccc2)C(=O)O)cc1)Cc1nc2ccccc2[nH]1. The number of H-pyrrole nitrogens is 1. The number of carboxylic acids is 1. The summed E-state index contributed by atoms with van der Waals surface area (Å²) in [7, 11) is 3.64. The van der Waals surface area contributed by atoms with E-state index in [-0.39, 0.29) is 32.1 Å². The fourth-order valence-electron chi connectivity index (χ4n) is 4.25. The highest BCUT2D eigenvalue weighted by molar-refractivity contribution is 5.94. The number of fused-ring (bicyclic) bond motifs is 1. The average molecular weight is 587 g/mol. The number of carboxylic acid groups (broad SMARTS) is 1. The summed E-state index contributed by atoms with van der Waals surface area (Å²) < 4.78 is 5.07. The number of hydrogen-bond acceptors (Lipinski definition) is 7. The number of ether oxygens (including phenoxy) is 1. The normalized spacial score (nSPS) is 11.6. The third-order valence-electron chi connectivity index (χ3n) is 6.44. The van der Waals surface area contributed by atoms with Crippen LogP contribution in [0, 0.1) is 0 Å². The lowest BCUT2D eigenvalue weighted by atomic mass is 10.1. The van der Waals surface area contributed by atoms with Crippen LogP contribution in [0.15, 0.2) is 78.9 Å². The summed E-state index contributed by atoms with van der Waals surface area (Å²) in [4.78, 5) is 60.8. The van der Waals surface area contributed by atoms with E-state index in [0.717, 1.165) is 22.2 Å². The van der Waals surface area contributed by atoms with Gasteiger partial charge in [0.05, 0.1) is 24.1 Å². The smallest absolute Gasteiger partial charge is 0.408 e. The molecule has 224 valence electrons. The number of nitrogens with zero attached hydrogens (tertiary/aromatic N) is 3. The van der Waals surface area contributed by atoms with Gasteiger partial charge >= 0.3 is 12.1 Å². The van der Waals surface area contributed by atoms with Crippen LogP contribution < -0.4 is 10.6 Å². The van der Waals surface area contributed by atoms with E-state index in [1.54, 1.807) is 58.3 Å². The molecule has 1 atom stereocenters. The molecule has 12 nitrogen and oxygen atoms in total. The predicted octanol–water partition coefficient (Wildman–Crippen LogP) is 2.76. The first-order valence-corrected chi connectivity index (χ1v) is 13.6. The Hall–Kier alpha value is -5.23. The fraction of sp³-hybridized carbons (Fsp3) is 0.258. The van der Waals surface area contributed by atoms with Crippen LogP contribution in [0.3, 0.4) is 0 Å². The Labute approximate surface area is 248 Å². The first-order chi connectivity index (χ1) is 20.7. The van der Waals surface area contributed by atoms with E-state index in [4.69, 9.17) is 4.74 Å². The minimum atomic E-state index is -1.39. The van der Waals surface area contributed by atoms with Gasteiger partial charge in [0, 0.05) is 18.7 Å². The zero-order valence-electron chi connectivity index (χ0n) is 23.9. The number of imidazole rings is 1. The number of para-hydroxylation sites is 2. The fourth-order valence-corrected chi connectivity index (χ4v) is 4.25. The number of carbonyl (C=O) groups is 4. The van der Waals surface area contributed by atoms with Crippen LogP contribution >= 0.6 is 0 Å². The molecule has 0 saturated carbocycles. The molecule has 1 unspecified atom stereocenters. The summed E-state index contributed by atoms with van der Waals surface area (Å²) in [5, 5.41) is 14.3. The van der Waals surface area contributed by atoms with Crippen molar-refractivity contribution in [3.63, 3.8) is 0 Å². The van der Waals surface area contributed by atoms with E-state index < -0.39 is 24.0 Å². The van der Waals surface area contributed by atoms with Gasteiger partial charge in [0.1, 0.15) is 18.5 Å². The van der Waals surface area contributed by atoms with Crippen LogP contribution in [-0.4, -0.2) is 82.0 Å². The second-order valence-corrected chi connectivity index (χ2v) is 10.2. The Balaban J connectivity index is 1.33. The van der Waals surface area contributed by atoms with Gasteiger partial charge in [-0.1, -0.05) is 54.6 Å². The van der Waals surface area contributed by atoms with Crippen LogP contribution in [0.2, 0.25) is 0 Å². The second-order valence-electron chi connectivity index (χ2n) is 10.2. The lowest BCUT2D eigenvalue weighted by Gasteiger charge is -2.24. The van der Waals surface area contributed by atoms with Crippen LogP contribution in [0.4, 0.5) is 4.79 Å². The summed E-state index contributed by atoms with van der Waals surface area (Å²) in [6.45, 7) is 0.427. The summed E-state index contributed by atoms with van der Waals surface area (Å²) in [5.41, 5.74) is 3.55. The number of benzene rings is 3. The van der Waals surface area contributed by atoms with Crippen molar-refractivity contribution >= 4 is 34.9 Å². The third kappa shape index (κ3) is 9.13. The van der Waals surface area contributed by atoms with Crippen LogP contribution in [-0.2, 0) is 34.0 Å². The highest BCUT2D eigenvalue weighted by Crippen LogP contribution is 2.15. The van der Waals surface area contributed by atoms with Crippen molar-refractivity contribution in [1.29, 1.82) is 0 Å². The number of rotatable bonds is 13. The number of aromatic nitrogens is 2. The Morgan fingerprint density at radius 1 is 0.907 bits per heavy atom. The second kappa shape index (κ2) is 14.6. The molecular weight excluding hydrogens is 552 g/mol. The minimum absolute atomic E-state index is 0.0197. The number of carbonyl (C=O) groups excluding carboxylic acids is 3. The van der Waals surface area contributed by atoms with Crippen molar-refractivity contribution in [3.8, 4) is 0 Å². The molecule has 3 amide bonds. The monoisotopic (exact) mass is 586 g/mol. The maximum Gasteiger partial charge on any atom is 0.408 e. The van der Waals surface area contributed by atoms with Crippen molar-refractivity contribution in [2.24, 2.45) is 0 Å². The summed E-state index contributed by atoms with van der Waals surface area (Å²) in [6, 6.07) is 21.9. The Kier molecular flexibility index (Phi) is 10.4. The number of alkyl carbamates (subject to hydrolysis) is 1. The summed E-state index contributed by atoms with van der Waals surface area (Å²) in [6.07, 6.45) is -0.911. The van der Waals surface area contributed by atoms with E-state index >= 15 is 0 Å². The van der Waals surface area contributed by atoms with Gasteiger partial charge < -0.3 is 35.3 Å². The van der Waals surface area contributed by atoms with Crippen LogP contribution in [0.5, 0.6) is 0 Å². The molecule has 1 aromatic heterocycles. The molecule has 3 aromatic carbocycles. The molecule has 4 aromatic rings. The lowest BCUT2D eigenvalue weighted by Crippen LogP contribution is -2.48. The van der Waals surface area contributed by atoms with Gasteiger partial charge in [-0.15, -0.1) is 0 Å². The quantitative estimate of drug-likeness (QED) is 0.186. The van der Waals surface area contributed by atoms with E-state index in [0.29, 0.717) is 17.9 Å². The Morgan fingerprint density at radius 2 is 1.60 bits per heavy atom. The molecule has 0 aliphatic heterocycles. The van der Waals surface area contributed by atoms with E-state index in [1.165, 1.54) is 0 Å². The number of nitrogens with one attached hydrogen (secondary N) is 3. The van der Waals surface area contributed by atoms with Gasteiger partial charge in [-0.2, -0.15) is 0 Å². The molecule has 0 aliphatic rings. The first kappa shape index (κ1) is 30.7. The van der Waals surface area contributed by atoms with Gasteiger partial charge in [-0.3, -0.25) is 9.59 Å². The molecule has 12 heteroatoms. The Bertz CT molecular complexity index is 1520. The molecule has 0 spiro atoms. The van der Waals surface area contributed by atoms with Crippen LogP contribution in [0.1, 0.15) is 27.3 Å². The standard InChI is InChI=1S/C31H34N6O6/c1-36(2)19-28(38)37(18-27-33-24-10-6-7-11-25(24)34-27)17-21-12-14-23(15-13-21)29(39)32-16-26(30(40)41)35-31(42)43-20-22-8-4-3-5-9-22/h3-15,26H,16-20H2,1-2H3,(H,32,39)(H,33,34)(H,35,42)(H,40,41). The van der Waals surface area contributed by atoms with Crippen molar-refractivity contribution in [3.05, 3.63) is 101 Å². The largest absolute Gasteiger partial charge is 0.480 e. The Morgan fingerprint density at radius 3 is 2.28 bits per heavy atom. The number of amides is 3.